The average molecular weight is 523 g/mol. The van der Waals surface area contributed by atoms with Gasteiger partial charge in [0.2, 0.25) is 18.0 Å². The van der Waals surface area contributed by atoms with Crippen LogP contribution in [0.5, 0.6) is 5.75 Å². The smallest absolute Gasteiger partial charge is 0.308 e. The first-order valence-corrected chi connectivity index (χ1v) is 11.2. The van der Waals surface area contributed by atoms with Gasteiger partial charge < -0.3 is 14.8 Å². The van der Waals surface area contributed by atoms with Crippen LogP contribution >= 0.6 is 11.6 Å². The largest absolute Gasteiger partial charge is 0.446 e. The second kappa shape index (κ2) is 10.5. The lowest BCUT2D eigenvalue weighted by molar-refractivity contribution is -0.384. The van der Waals surface area contributed by atoms with Crippen LogP contribution < -0.4 is 10.1 Å². The average Bonchev–Trinajstić information content (AvgIpc) is 3.30. The Kier molecular flexibility index (Phi) is 7.16. The van der Waals surface area contributed by atoms with Crippen molar-refractivity contribution in [2.75, 3.05) is 5.32 Å². The van der Waals surface area contributed by atoms with Crippen LogP contribution in [0.1, 0.15) is 41.6 Å². The van der Waals surface area contributed by atoms with Crippen LogP contribution in [0.25, 0.3) is 0 Å². The first-order valence-electron chi connectivity index (χ1n) is 10.8. The normalized spacial score (nSPS) is 14.4. The van der Waals surface area contributed by atoms with Crippen LogP contribution in [0.4, 0.5) is 11.4 Å². The molecule has 2 amide bonds. The molecule has 1 aliphatic heterocycles. The lowest BCUT2D eigenvalue weighted by atomic mass is 10.1. The van der Waals surface area contributed by atoms with E-state index in [-0.39, 0.29) is 33.5 Å². The van der Waals surface area contributed by atoms with E-state index in [9.17, 15) is 24.5 Å². The van der Waals surface area contributed by atoms with E-state index >= 15 is 0 Å². The van der Waals surface area contributed by atoms with Crippen LogP contribution in [0.15, 0.2) is 71.8 Å². The van der Waals surface area contributed by atoms with Crippen molar-refractivity contribution >= 4 is 46.7 Å². The van der Waals surface area contributed by atoms with Gasteiger partial charge >= 0.3 is 5.97 Å². The van der Waals surface area contributed by atoms with Crippen molar-refractivity contribution in [2.45, 2.75) is 20.1 Å². The summed E-state index contributed by atoms with van der Waals surface area (Å²) in [6, 6.07) is 16.7. The van der Waals surface area contributed by atoms with Crippen LogP contribution in [-0.4, -0.2) is 33.6 Å². The second-order valence-corrected chi connectivity index (χ2v) is 8.24. The zero-order valence-electron chi connectivity index (χ0n) is 19.5. The molecule has 1 atom stereocenters. The highest BCUT2D eigenvalue weighted by molar-refractivity contribution is 6.34. The Morgan fingerprint density at radius 2 is 1.84 bits per heavy atom. The number of carbonyl (C=O) groups excluding carboxylic acids is 3. The van der Waals surface area contributed by atoms with Crippen LogP contribution in [0, 0.1) is 10.1 Å². The van der Waals surface area contributed by atoms with Gasteiger partial charge in [0.05, 0.1) is 21.1 Å². The predicted molar refractivity (Wildman–Crippen MR) is 133 cm³/mol. The molecule has 0 aromatic heterocycles. The zero-order chi connectivity index (χ0) is 26.7. The van der Waals surface area contributed by atoms with Gasteiger partial charge in [-0.05, 0) is 30.3 Å². The third kappa shape index (κ3) is 5.57. The van der Waals surface area contributed by atoms with Crippen molar-refractivity contribution in [1.29, 1.82) is 0 Å². The number of rotatable bonds is 6. The zero-order valence-corrected chi connectivity index (χ0v) is 20.3. The maximum Gasteiger partial charge on any atom is 0.308 e. The van der Waals surface area contributed by atoms with Gasteiger partial charge in [0, 0.05) is 37.2 Å². The van der Waals surface area contributed by atoms with E-state index in [1.807, 2.05) is 0 Å². The van der Waals surface area contributed by atoms with Crippen LogP contribution in [-0.2, 0) is 14.3 Å². The van der Waals surface area contributed by atoms with E-state index in [0.29, 0.717) is 11.3 Å². The molecule has 0 bridgehead atoms. The Bertz CT molecular complexity index is 1460. The lowest BCUT2D eigenvalue weighted by Crippen LogP contribution is -2.25. The first-order chi connectivity index (χ1) is 17.6. The van der Waals surface area contributed by atoms with E-state index in [0.717, 1.165) is 11.1 Å². The second-order valence-electron chi connectivity index (χ2n) is 7.83. The summed E-state index contributed by atoms with van der Waals surface area (Å²) in [6.07, 6.45) is -1.06. The van der Waals surface area contributed by atoms with Crippen molar-refractivity contribution in [3.63, 3.8) is 0 Å². The summed E-state index contributed by atoms with van der Waals surface area (Å²) in [5.41, 5.74) is 0.858. The molecule has 4 rings (SSSR count). The topological polar surface area (TPSA) is 140 Å². The monoisotopic (exact) mass is 522 g/mol. The maximum absolute atomic E-state index is 12.7. The van der Waals surface area contributed by atoms with Gasteiger partial charge in [0.15, 0.2) is 0 Å². The van der Waals surface area contributed by atoms with Crippen molar-refractivity contribution in [3.05, 3.63) is 98.6 Å². The van der Waals surface area contributed by atoms with Crippen LogP contribution in [0.2, 0.25) is 5.02 Å². The number of hydrogen-bond donors (Lipinski definition) is 1. The fraction of sp³-hybridized carbons (Fsp3) is 0.120. The number of hydrogen-bond acceptors (Lipinski definition) is 8. The molecule has 3 aromatic carbocycles. The number of carbonyl (C=O) groups is 3. The lowest BCUT2D eigenvalue weighted by Gasteiger charge is -2.20. The number of nitrogens with zero attached hydrogens (tertiary/aromatic N) is 3. The number of ether oxygens (including phenoxy) is 2. The van der Waals surface area contributed by atoms with Gasteiger partial charge in [-0.25, -0.2) is 0 Å². The fourth-order valence-electron chi connectivity index (χ4n) is 3.55. The summed E-state index contributed by atoms with van der Waals surface area (Å²) < 4.78 is 11.1. The minimum Gasteiger partial charge on any atom is -0.446 e. The Balaban J connectivity index is 1.65. The molecule has 1 heterocycles. The molecule has 1 unspecified atom stereocenters. The number of hydrazone groups is 1. The molecule has 1 N–H and O–H groups in total. The fourth-order valence-corrected chi connectivity index (χ4v) is 3.77. The number of anilines is 1. The van der Waals surface area contributed by atoms with E-state index in [1.54, 1.807) is 48.5 Å². The van der Waals surface area contributed by atoms with Crippen molar-refractivity contribution in [3.8, 4) is 5.75 Å². The molecule has 1 aliphatic rings. The van der Waals surface area contributed by atoms with Gasteiger partial charge in [0.1, 0.15) is 5.75 Å². The Morgan fingerprint density at radius 3 is 2.51 bits per heavy atom. The summed E-state index contributed by atoms with van der Waals surface area (Å²) in [4.78, 5) is 47.3. The number of nitro benzene ring substituents is 1. The number of halogens is 1. The van der Waals surface area contributed by atoms with E-state index in [1.165, 1.54) is 26.0 Å². The van der Waals surface area contributed by atoms with Crippen LogP contribution in [0.3, 0.4) is 0 Å². The molecular weight excluding hydrogens is 504 g/mol. The summed E-state index contributed by atoms with van der Waals surface area (Å²) in [6.45, 7) is 2.45. The van der Waals surface area contributed by atoms with Gasteiger partial charge in [0.25, 0.3) is 11.6 Å². The van der Waals surface area contributed by atoms with Crippen molar-refractivity contribution < 1.29 is 28.8 Å². The number of amides is 2. The van der Waals surface area contributed by atoms with Gasteiger partial charge in [-0.15, -0.1) is 5.10 Å². The highest BCUT2D eigenvalue weighted by Gasteiger charge is 2.35. The third-order valence-electron chi connectivity index (χ3n) is 5.17. The van der Waals surface area contributed by atoms with Gasteiger partial charge in [-0.2, -0.15) is 5.01 Å². The standard InChI is InChI=1S/C25H19ClN4O7/c1-14(31)29-25(16-6-5-7-17(12-16)27-23(33)19-8-3-4-9-21(19)26)37-24(28-29)20-13-18(30(34)35)10-11-22(20)36-15(2)32/h3-13,25H,1-2H3,(H,27,33). The number of nitrogens with one attached hydrogen (secondary N) is 1. The summed E-state index contributed by atoms with van der Waals surface area (Å²) >= 11 is 6.11. The van der Waals surface area contributed by atoms with Gasteiger partial charge in [-0.1, -0.05) is 35.9 Å². The highest BCUT2D eigenvalue weighted by Crippen LogP contribution is 2.35. The highest BCUT2D eigenvalue weighted by atomic mass is 35.5. The number of nitro groups is 1. The van der Waals surface area contributed by atoms with Crippen molar-refractivity contribution in [2.24, 2.45) is 5.10 Å². The van der Waals surface area contributed by atoms with Crippen molar-refractivity contribution in [1.82, 2.24) is 5.01 Å². The molecule has 11 nitrogen and oxygen atoms in total. The van der Waals surface area contributed by atoms with E-state index in [4.69, 9.17) is 21.1 Å². The Labute approximate surface area is 215 Å². The molecule has 188 valence electrons. The third-order valence-corrected chi connectivity index (χ3v) is 5.50. The Morgan fingerprint density at radius 1 is 1.08 bits per heavy atom. The summed E-state index contributed by atoms with van der Waals surface area (Å²) in [5.74, 6) is -1.76. The van der Waals surface area contributed by atoms with E-state index < -0.39 is 28.9 Å². The molecule has 37 heavy (non-hydrogen) atoms. The summed E-state index contributed by atoms with van der Waals surface area (Å²) in [5, 5.41) is 19.6. The first kappa shape index (κ1) is 25.3. The molecular formula is C25H19ClN4O7. The van der Waals surface area contributed by atoms with Gasteiger partial charge in [-0.3, -0.25) is 24.5 Å². The molecule has 0 spiro atoms. The molecule has 0 aliphatic carbocycles. The Hall–Kier alpha value is -4.77. The quantitative estimate of drug-likeness (QED) is 0.215. The number of esters is 1. The van der Waals surface area contributed by atoms with E-state index in [2.05, 4.69) is 10.4 Å². The summed E-state index contributed by atoms with van der Waals surface area (Å²) in [7, 11) is 0. The number of non-ortho nitro benzene ring substituents is 1. The predicted octanol–water partition coefficient (Wildman–Crippen LogP) is 4.66. The molecule has 3 aromatic rings. The molecule has 0 radical (unpaired) electrons. The molecule has 0 fully saturated rings. The SMILES string of the molecule is CC(=O)Oc1ccc([N+](=O)[O-])cc1C1=NN(C(C)=O)C(c2cccc(NC(=O)c3ccccc3Cl)c2)O1. The molecule has 0 saturated carbocycles. The molecule has 12 heteroatoms. The minimum absolute atomic E-state index is 0.0151. The molecule has 0 saturated heterocycles. The maximum atomic E-state index is 12.7. The minimum atomic E-state index is -1.06. The number of benzene rings is 3.